The second-order valence-electron chi connectivity index (χ2n) is 4.87. The van der Waals surface area contributed by atoms with E-state index >= 15 is 0 Å². The number of rotatable bonds is 5. The van der Waals surface area contributed by atoms with Crippen LogP contribution in [0.25, 0.3) is 0 Å². The fraction of sp³-hybridized carbons (Fsp3) is 0.357. The Balaban J connectivity index is 0.000001000. The molecule has 1 aromatic carbocycles. The molecule has 1 fully saturated rings. The Morgan fingerprint density at radius 3 is 2.65 bits per heavy atom. The molecule has 1 aliphatic rings. The summed E-state index contributed by atoms with van der Waals surface area (Å²) >= 11 is 5.85. The van der Waals surface area contributed by atoms with Crippen LogP contribution in [-0.4, -0.2) is 16.5 Å². The Hall–Kier alpha value is -0.740. The summed E-state index contributed by atoms with van der Waals surface area (Å²) in [5.41, 5.74) is 2.55. The van der Waals surface area contributed by atoms with Gasteiger partial charge in [0.15, 0.2) is 0 Å². The molecule has 1 aliphatic carbocycles. The molecule has 3 rings (SSSR count). The molecule has 6 heteroatoms. The average Bonchev–Trinajstić information content (AvgIpc) is 2.94. The lowest BCUT2D eigenvalue weighted by atomic mass is 10.2. The smallest absolute Gasteiger partial charge is 0.0921 e. The number of nitrogens with zero attached hydrogens (tertiary/aromatic N) is 1. The monoisotopic (exact) mass is 333 g/mol. The minimum atomic E-state index is 0. The quantitative estimate of drug-likeness (QED) is 0.873. The highest BCUT2D eigenvalue weighted by Gasteiger charge is 2.38. The molecule has 0 amide bonds. The maximum Gasteiger partial charge on any atom is 0.0921 e. The first-order chi connectivity index (χ1) is 8.83. The van der Waals surface area contributed by atoms with Crippen LogP contribution in [0.1, 0.15) is 23.6 Å². The molecule has 1 aromatic heterocycles. The molecular weight excluding hydrogens is 317 g/mol. The molecule has 0 saturated heterocycles. The van der Waals surface area contributed by atoms with Gasteiger partial charge < -0.3 is 10.3 Å². The Morgan fingerprint density at radius 1 is 1.25 bits per heavy atom. The van der Waals surface area contributed by atoms with Gasteiger partial charge in [0, 0.05) is 29.4 Å². The van der Waals surface area contributed by atoms with Crippen LogP contribution in [-0.2, 0) is 6.54 Å². The number of nitrogens with one attached hydrogen (secondary N) is 2. The van der Waals surface area contributed by atoms with Gasteiger partial charge >= 0.3 is 0 Å². The number of halogens is 3. The summed E-state index contributed by atoms with van der Waals surface area (Å²) in [4.78, 5) is 7.26. The Kier molecular flexibility index (Phi) is 6.83. The predicted molar refractivity (Wildman–Crippen MR) is 87.1 cm³/mol. The van der Waals surface area contributed by atoms with Crippen molar-refractivity contribution in [3.63, 3.8) is 0 Å². The molecule has 20 heavy (non-hydrogen) atoms. The van der Waals surface area contributed by atoms with Gasteiger partial charge in [0.1, 0.15) is 0 Å². The number of imidazole rings is 1. The van der Waals surface area contributed by atoms with E-state index in [-0.39, 0.29) is 24.8 Å². The molecule has 2 aromatic rings. The minimum Gasteiger partial charge on any atom is -0.348 e. The topological polar surface area (TPSA) is 40.7 Å². The molecule has 0 spiro atoms. The van der Waals surface area contributed by atoms with Gasteiger partial charge in [-0.05, 0) is 36.6 Å². The van der Waals surface area contributed by atoms with Gasteiger partial charge in [-0.15, -0.1) is 24.8 Å². The van der Waals surface area contributed by atoms with Crippen molar-refractivity contribution in [1.82, 2.24) is 15.3 Å². The van der Waals surface area contributed by atoms with Crippen molar-refractivity contribution in [1.29, 1.82) is 0 Å². The van der Waals surface area contributed by atoms with Gasteiger partial charge in [0.25, 0.3) is 0 Å². The lowest BCUT2D eigenvalue weighted by Gasteiger charge is -2.04. The molecule has 1 saturated carbocycles. The van der Waals surface area contributed by atoms with E-state index in [0.29, 0.717) is 5.92 Å². The van der Waals surface area contributed by atoms with E-state index in [9.17, 15) is 0 Å². The van der Waals surface area contributed by atoms with E-state index in [1.54, 1.807) is 6.33 Å². The summed E-state index contributed by atoms with van der Waals surface area (Å²) in [5.74, 6) is 1.42. The average molecular weight is 335 g/mol. The van der Waals surface area contributed by atoms with Crippen LogP contribution in [0.4, 0.5) is 0 Å². The standard InChI is InChI=1S/C14H16ClN3.2ClH/c15-12-3-1-10(2-4-12)6-16-7-11-5-13(11)14-8-17-9-18-14;;/h1-4,8-9,11,13,16H,5-7H2,(H,17,18);2*1H/t11-,13-;;/m1../s1. The zero-order chi connectivity index (χ0) is 12.4. The first kappa shape index (κ1) is 17.3. The van der Waals surface area contributed by atoms with Gasteiger partial charge in [-0.2, -0.15) is 0 Å². The second kappa shape index (κ2) is 7.89. The highest BCUT2D eigenvalue weighted by molar-refractivity contribution is 6.30. The maximum absolute atomic E-state index is 5.85. The molecule has 1 heterocycles. The maximum atomic E-state index is 5.85. The number of aromatic amines is 1. The highest BCUT2D eigenvalue weighted by atomic mass is 35.5. The van der Waals surface area contributed by atoms with Crippen molar-refractivity contribution in [2.45, 2.75) is 18.9 Å². The summed E-state index contributed by atoms with van der Waals surface area (Å²) in [6, 6.07) is 8.00. The molecule has 3 nitrogen and oxygen atoms in total. The number of H-pyrrole nitrogens is 1. The van der Waals surface area contributed by atoms with E-state index in [0.717, 1.165) is 24.0 Å². The fourth-order valence-electron chi connectivity index (χ4n) is 2.33. The predicted octanol–water partition coefficient (Wildman–Crippen LogP) is 3.80. The first-order valence-electron chi connectivity index (χ1n) is 6.26. The number of benzene rings is 1. The van der Waals surface area contributed by atoms with Crippen LogP contribution in [0.3, 0.4) is 0 Å². The normalized spacial score (nSPS) is 19.9. The summed E-state index contributed by atoms with van der Waals surface area (Å²) in [5, 5.41) is 4.29. The van der Waals surface area contributed by atoms with Crippen LogP contribution >= 0.6 is 36.4 Å². The first-order valence-corrected chi connectivity index (χ1v) is 6.64. The van der Waals surface area contributed by atoms with Gasteiger partial charge in [-0.1, -0.05) is 23.7 Å². The summed E-state index contributed by atoms with van der Waals surface area (Å²) in [6.07, 6.45) is 4.95. The van der Waals surface area contributed by atoms with Gasteiger partial charge in [-0.3, -0.25) is 0 Å². The van der Waals surface area contributed by atoms with Crippen LogP contribution in [0.2, 0.25) is 5.02 Å². The van der Waals surface area contributed by atoms with Gasteiger partial charge in [0.2, 0.25) is 0 Å². The second-order valence-corrected chi connectivity index (χ2v) is 5.30. The summed E-state index contributed by atoms with van der Waals surface area (Å²) < 4.78 is 0. The molecule has 2 N–H and O–H groups in total. The van der Waals surface area contributed by atoms with Crippen molar-refractivity contribution >= 4 is 36.4 Å². The Labute approximate surface area is 136 Å². The van der Waals surface area contributed by atoms with E-state index in [1.165, 1.54) is 17.7 Å². The lowest BCUT2D eigenvalue weighted by Crippen LogP contribution is -2.16. The molecule has 110 valence electrons. The third-order valence-corrected chi connectivity index (χ3v) is 3.74. The number of aromatic nitrogens is 2. The Bertz CT molecular complexity index is 499. The van der Waals surface area contributed by atoms with Crippen LogP contribution in [0.5, 0.6) is 0 Å². The van der Waals surface area contributed by atoms with E-state index < -0.39 is 0 Å². The fourth-order valence-corrected chi connectivity index (χ4v) is 2.45. The molecule has 0 aliphatic heterocycles. The third-order valence-electron chi connectivity index (χ3n) is 3.49. The summed E-state index contributed by atoms with van der Waals surface area (Å²) in [6.45, 7) is 1.97. The van der Waals surface area contributed by atoms with E-state index in [2.05, 4.69) is 27.4 Å². The van der Waals surface area contributed by atoms with Crippen LogP contribution in [0, 0.1) is 5.92 Å². The van der Waals surface area contributed by atoms with Gasteiger partial charge in [-0.25, -0.2) is 4.98 Å². The molecule has 0 bridgehead atoms. The highest BCUT2D eigenvalue weighted by Crippen LogP contribution is 2.45. The van der Waals surface area contributed by atoms with Gasteiger partial charge in [0.05, 0.1) is 6.33 Å². The SMILES string of the molecule is Cl.Cl.Clc1ccc(CNC[C@H]2C[C@H]2c2cnc[nH]2)cc1. The van der Waals surface area contributed by atoms with E-state index in [1.807, 2.05) is 18.3 Å². The molecule has 2 atom stereocenters. The van der Waals surface area contributed by atoms with Crippen molar-refractivity contribution in [2.75, 3.05) is 6.54 Å². The van der Waals surface area contributed by atoms with Crippen molar-refractivity contribution < 1.29 is 0 Å². The largest absolute Gasteiger partial charge is 0.348 e. The summed E-state index contributed by atoms with van der Waals surface area (Å²) in [7, 11) is 0. The molecule has 0 unspecified atom stereocenters. The number of hydrogen-bond donors (Lipinski definition) is 2. The van der Waals surface area contributed by atoms with Crippen molar-refractivity contribution in [3.05, 3.63) is 53.1 Å². The molecule has 0 radical (unpaired) electrons. The third kappa shape index (κ3) is 4.38. The van der Waals surface area contributed by atoms with Crippen LogP contribution in [0.15, 0.2) is 36.8 Å². The van der Waals surface area contributed by atoms with E-state index in [4.69, 9.17) is 11.6 Å². The minimum absolute atomic E-state index is 0. The van der Waals surface area contributed by atoms with Crippen LogP contribution < -0.4 is 5.32 Å². The zero-order valence-corrected chi connectivity index (χ0v) is 13.3. The van der Waals surface area contributed by atoms with Crippen molar-refractivity contribution in [2.24, 2.45) is 5.92 Å². The molecular formula is C14H18Cl3N3. The Morgan fingerprint density at radius 2 is 2.00 bits per heavy atom. The number of hydrogen-bond acceptors (Lipinski definition) is 2. The lowest BCUT2D eigenvalue weighted by molar-refractivity contribution is 0.625. The zero-order valence-electron chi connectivity index (χ0n) is 10.9. The van der Waals surface area contributed by atoms with Crippen molar-refractivity contribution in [3.8, 4) is 0 Å².